The van der Waals surface area contributed by atoms with Crippen molar-refractivity contribution in [2.24, 2.45) is 0 Å². The van der Waals surface area contributed by atoms with Crippen LogP contribution in [0.5, 0.6) is 0 Å². The molecule has 5 heteroatoms. The molecule has 2 amide bonds. The zero-order valence-electron chi connectivity index (χ0n) is 6.47. The summed E-state index contributed by atoms with van der Waals surface area (Å²) in [6.07, 6.45) is 0.290. The lowest BCUT2D eigenvalue weighted by Crippen LogP contribution is -2.23. The Morgan fingerprint density at radius 2 is 2.00 bits per heavy atom. The second-order valence-corrected chi connectivity index (χ2v) is 3.81. The van der Waals surface area contributed by atoms with Crippen molar-refractivity contribution in [3.63, 3.8) is 0 Å². The highest BCUT2D eigenvalue weighted by Gasteiger charge is 2.33. The Morgan fingerprint density at radius 3 is 2.62 bits per heavy atom. The van der Waals surface area contributed by atoms with Gasteiger partial charge in [0.15, 0.2) is 11.0 Å². The van der Waals surface area contributed by atoms with Gasteiger partial charge in [0.05, 0.1) is 10.5 Å². The third-order valence-corrected chi connectivity index (χ3v) is 3.12. The number of fused-ring (bicyclic) bond motifs is 1. The quantitative estimate of drug-likeness (QED) is 0.606. The minimum absolute atomic E-state index is 0.290. The number of nitrogens with zero attached hydrogens (tertiary/aromatic N) is 1. The van der Waals surface area contributed by atoms with Crippen LogP contribution in [0.4, 0.5) is 0 Å². The first-order valence-electron chi connectivity index (χ1n) is 3.55. The van der Waals surface area contributed by atoms with Gasteiger partial charge in [0.25, 0.3) is 5.91 Å². The van der Waals surface area contributed by atoms with Gasteiger partial charge >= 0.3 is 0 Å². The smallest absolute Gasteiger partial charge is 0.273 e. The minimum atomic E-state index is -1.65. The predicted molar refractivity (Wildman–Crippen MR) is 45.1 cm³/mol. The molecule has 0 radical (unpaired) electrons. The summed E-state index contributed by atoms with van der Waals surface area (Å²) in [5.41, 5.74) is 0.341. The highest BCUT2D eigenvalue weighted by atomic mass is 32.2. The van der Waals surface area contributed by atoms with Gasteiger partial charge in [-0.15, -0.1) is 0 Å². The molecule has 0 N–H and O–H groups in total. The lowest BCUT2D eigenvalue weighted by atomic mass is 10.2. The van der Waals surface area contributed by atoms with E-state index in [1.165, 1.54) is 0 Å². The van der Waals surface area contributed by atoms with Crippen LogP contribution >= 0.6 is 0 Å². The maximum atomic E-state index is 11.4. The molecule has 0 aromatic heterocycles. The van der Waals surface area contributed by atoms with Gasteiger partial charge in [0.2, 0.25) is 6.41 Å². The van der Waals surface area contributed by atoms with Gasteiger partial charge in [-0.2, -0.15) is 4.31 Å². The van der Waals surface area contributed by atoms with Gasteiger partial charge in [-0.05, 0) is 12.1 Å². The molecule has 0 saturated carbocycles. The average Bonchev–Trinajstić information content (AvgIpc) is 2.41. The summed E-state index contributed by atoms with van der Waals surface area (Å²) in [4.78, 5) is 22.2. The van der Waals surface area contributed by atoms with E-state index in [-0.39, 0.29) is 0 Å². The van der Waals surface area contributed by atoms with Crippen molar-refractivity contribution < 1.29 is 13.8 Å². The molecule has 0 fully saturated rings. The van der Waals surface area contributed by atoms with Gasteiger partial charge in [-0.3, -0.25) is 9.59 Å². The third-order valence-electron chi connectivity index (χ3n) is 1.78. The maximum absolute atomic E-state index is 11.4. The maximum Gasteiger partial charge on any atom is 0.273 e. The van der Waals surface area contributed by atoms with E-state index in [2.05, 4.69) is 0 Å². The normalized spacial score (nSPS) is 20.2. The van der Waals surface area contributed by atoms with Crippen molar-refractivity contribution in [1.82, 2.24) is 4.31 Å². The first-order valence-corrected chi connectivity index (χ1v) is 4.66. The number of hydrogen-bond donors (Lipinski definition) is 0. The number of imide groups is 1. The molecule has 1 unspecified atom stereocenters. The van der Waals surface area contributed by atoms with Crippen molar-refractivity contribution in [3.8, 4) is 0 Å². The molecular formula is C8H5NO3S. The number of carbonyl (C=O) groups is 2. The monoisotopic (exact) mass is 195 g/mol. The Morgan fingerprint density at radius 1 is 1.31 bits per heavy atom. The third kappa shape index (κ3) is 1.01. The number of amides is 2. The van der Waals surface area contributed by atoms with E-state index in [1.54, 1.807) is 24.3 Å². The highest BCUT2D eigenvalue weighted by molar-refractivity contribution is 7.84. The molecule has 1 aliphatic rings. The van der Waals surface area contributed by atoms with Crippen molar-refractivity contribution in [1.29, 1.82) is 0 Å². The Hall–Kier alpha value is -1.49. The summed E-state index contributed by atoms with van der Waals surface area (Å²) in [7, 11) is -1.65. The zero-order chi connectivity index (χ0) is 9.42. The van der Waals surface area contributed by atoms with Gasteiger partial charge in [0.1, 0.15) is 0 Å². The Kier molecular flexibility index (Phi) is 1.73. The summed E-state index contributed by atoms with van der Waals surface area (Å²) < 4.78 is 12.1. The minimum Gasteiger partial charge on any atom is -0.277 e. The van der Waals surface area contributed by atoms with Crippen LogP contribution in [-0.2, 0) is 15.8 Å². The van der Waals surface area contributed by atoms with Crippen molar-refractivity contribution >= 4 is 23.3 Å². The van der Waals surface area contributed by atoms with Crippen LogP contribution in [-0.4, -0.2) is 20.8 Å². The number of rotatable bonds is 1. The standard InChI is InChI=1S/C8H5NO3S/c10-5-9-8(11)6-3-1-2-4-7(6)13(9)12/h1-5H. The fraction of sp³-hybridized carbons (Fsp3) is 0. The first-order chi connectivity index (χ1) is 6.25. The predicted octanol–water partition coefficient (Wildman–Crippen LogP) is 0.321. The van der Waals surface area contributed by atoms with Gasteiger partial charge in [0, 0.05) is 0 Å². The molecular weight excluding hydrogens is 190 g/mol. The van der Waals surface area contributed by atoms with Gasteiger partial charge < -0.3 is 0 Å². The molecule has 1 aliphatic heterocycles. The second kappa shape index (κ2) is 2.77. The fourth-order valence-corrected chi connectivity index (χ4v) is 2.26. The first kappa shape index (κ1) is 8.12. The number of hydrogen-bond acceptors (Lipinski definition) is 3. The van der Waals surface area contributed by atoms with Crippen molar-refractivity contribution in [2.75, 3.05) is 0 Å². The topological polar surface area (TPSA) is 54.5 Å². The van der Waals surface area contributed by atoms with Crippen LogP contribution in [0.25, 0.3) is 0 Å². The van der Waals surface area contributed by atoms with E-state index in [0.717, 1.165) is 0 Å². The Bertz CT molecular complexity index is 381. The van der Waals surface area contributed by atoms with E-state index in [9.17, 15) is 13.8 Å². The van der Waals surface area contributed by atoms with Crippen molar-refractivity contribution in [3.05, 3.63) is 29.8 Å². The lowest BCUT2D eigenvalue weighted by molar-refractivity contribution is -0.112. The van der Waals surface area contributed by atoms with Gasteiger partial charge in [-0.25, -0.2) is 4.21 Å². The molecule has 0 spiro atoms. The molecule has 13 heavy (non-hydrogen) atoms. The van der Waals surface area contributed by atoms with Crippen LogP contribution in [0, 0.1) is 0 Å². The highest BCUT2D eigenvalue weighted by Crippen LogP contribution is 2.24. The van der Waals surface area contributed by atoms with Crippen LogP contribution in [0.3, 0.4) is 0 Å². The molecule has 66 valence electrons. The fourth-order valence-electron chi connectivity index (χ4n) is 1.18. The molecule has 1 aromatic carbocycles. The summed E-state index contributed by atoms with van der Waals surface area (Å²) in [6, 6.07) is 6.48. The van der Waals surface area contributed by atoms with Crippen LogP contribution < -0.4 is 0 Å². The molecule has 0 saturated heterocycles. The van der Waals surface area contributed by atoms with Crippen LogP contribution in [0.15, 0.2) is 29.2 Å². The van der Waals surface area contributed by atoms with Gasteiger partial charge in [-0.1, -0.05) is 12.1 Å². The van der Waals surface area contributed by atoms with Crippen LogP contribution in [0.1, 0.15) is 10.4 Å². The van der Waals surface area contributed by atoms with E-state index in [0.29, 0.717) is 21.2 Å². The lowest BCUT2D eigenvalue weighted by Gasteiger charge is -2.01. The summed E-state index contributed by atoms with van der Waals surface area (Å²) in [5, 5.41) is 0. The van der Waals surface area contributed by atoms with E-state index < -0.39 is 16.9 Å². The SMILES string of the molecule is O=CN1C(=O)c2ccccc2S1=O. The van der Waals surface area contributed by atoms with E-state index in [1.807, 2.05) is 0 Å². The zero-order valence-corrected chi connectivity index (χ0v) is 7.28. The molecule has 2 rings (SSSR count). The Labute approximate surface area is 76.7 Å². The van der Waals surface area contributed by atoms with Crippen molar-refractivity contribution in [2.45, 2.75) is 4.90 Å². The van der Waals surface area contributed by atoms with E-state index in [4.69, 9.17) is 0 Å². The molecule has 1 heterocycles. The second-order valence-electron chi connectivity index (χ2n) is 2.48. The molecule has 0 aliphatic carbocycles. The van der Waals surface area contributed by atoms with E-state index >= 15 is 0 Å². The summed E-state index contributed by atoms with van der Waals surface area (Å²) >= 11 is 0. The molecule has 4 nitrogen and oxygen atoms in total. The number of benzene rings is 1. The largest absolute Gasteiger partial charge is 0.277 e. The number of carbonyl (C=O) groups excluding carboxylic acids is 2. The summed E-state index contributed by atoms with van der Waals surface area (Å²) in [6.45, 7) is 0. The van der Waals surface area contributed by atoms with Crippen LogP contribution in [0.2, 0.25) is 0 Å². The average molecular weight is 195 g/mol. The Balaban J connectivity index is 2.63. The molecule has 1 aromatic rings. The molecule has 1 atom stereocenters. The molecule has 0 bridgehead atoms. The summed E-state index contributed by atoms with van der Waals surface area (Å²) in [5.74, 6) is -0.496.